The van der Waals surface area contributed by atoms with E-state index in [0.717, 1.165) is 23.4 Å². The number of benzene rings is 1. The summed E-state index contributed by atoms with van der Waals surface area (Å²) in [7, 11) is 3.97. The molecule has 0 heterocycles. The van der Waals surface area contributed by atoms with Crippen LogP contribution in [0.2, 0.25) is 0 Å². The van der Waals surface area contributed by atoms with Crippen molar-refractivity contribution < 1.29 is 9.59 Å². The van der Waals surface area contributed by atoms with E-state index in [1.807, 2.05) is 69.8 Å². The van der Waals surface area contributed by atoms with E-state index in [9.17, 15) is 9.59 Å². The van der Waals surface area contributed by atoms with E-state index in [2.05, 4.69) is 24.5 Å². The van der Waals surface area contributed by atoms with Gasteiger partial charge in [-0.2, -0.15) is 0 Å². The second kappa shape index (κ2) is 10.9. The van der Waals surface area contributed by atoms with Crippen LogP contribution in [0.4, 0.5) is 16.2 Å². The SMILES string of the molecule is CC[C@@H](C)N(Cc1cc(NC(=O)CC(C)C)ccc1N(C)C)C(=O)NC(C)C. The van der Waals surface area contributed by atoms with E-state index in [1.54, 1.807) is 0 Å². The number of urea groups is 1. The van der Waals surface area contributed by atoms with Crippen LogP contribution in [-0.2, 0) is 11.3 Å². The maximum atomic E-state index is 12.8. The molecule has 0 unspecified atom stereocenters. The Kier molecular flexibility index (Phi) is 9.29. The van der Waals surface area contributed by atoms with E-state index < -0.39 is 0 Å². The minimum atomic E-state index is -0.0664. The van der Waals surface area contributed by atoms with Gasteiger partial charge in [-0.25, -0.2) is 4.79 Å². The number of nitrogens with zero attached hydrogens (tertiary/aromatic N) is 2. The molecule has 6 heteroatoms. The topological polar surface area (TPSA) is 64.7 Å². The molecule has 1 atom stereocenters. The van der Waals surface area contributed by atoms with Gasteiger partial charge in [0.05, 0.1) is 0 Å². The number of carbonyl (C=O) groups is 2. The van der Waals surface area contributed by atoms with Crippen molar-refractivity contribution >= 4 is 23.3 Å². The summed E-state index contributed by atoms with van der Waals surface area (Å²) in [5, 5.41) is 5.98. The molecule has 0 spiro atoms. The first-order valence-corrected chi connectivity index (χ1v) is 10.2. The van der Waals surface area contributed by atoms with Gasteiger partial charge in [-0.1, -0.05) is 20.8 Å². The van der Waals surface area contributed by atoms with Crippen LogP contribution in [0.1, 0.15) is 59.9 Å². The summed E-state index contributed by atoms with van der Waals surface area (Å²) in [6.45, 7) is 12.6. The molecule has 0 bridgehead atoms. The second-order valence-corrected chi connectivity index (χ2v) is 8.37. The van der Waals surface area contributed by atoms with Gasteiger partial charge in [0.25, 0.3) is 0 Å². The van der Waals surface area contributed by atoms with E-state index >= 15 is 0 Å². The highest BCUT2D eigenvalue weighted by Crippen LogP contribution is 2.26. The third-order valence-electron chi connectivity index (χ3n) is 4.58. The van der Waals surface area contributed by atoms with Crippen molar-refractivity contribution in [1.82, 2.24) is 10.2 Å². The fraction of sp³-hybridized carbons (Fsp3) is 0.636. The highest BCUT2D eigenvalue weighted by Gasteiger charge is 2.22. The zero-order valence-corrected chi connectivity index (χ0v) is 18.8. The van der Waals surface area contributed by atoms with Crippen LogP contribution in [-0.4, -0.2) is 43.0 Å². The molecule has 1 aromatic carbocycles. The Morgan fingerprint density at radius 3 is 2.21 bits per heavy atom. The minimum absolute atomic E-state index is 0.00915. The number of hydrogen-bond donors (Lipinski definition) is 2. The highest BCUT2D eigenvalue weighted by atomic mass is 16.2. The van der Waals surface area contributed by atoms with Gasteiger partial charge >= 0.3 is 6.03 Å². The summed E-state index contributed by atoms with van der Waals surface area (Å²) in [6, 6.07) is 6.00. The standard InChI is InChI=1S/C22H38N4O2/c1-9-17(6)26(22(28)23-16(4)5)14-18-13-19(10-11-20(18)25(7)8)24-21(27)12-15(2)3/h10-11,13,15-17H,9,12,14H2,1-8H3,(H,23,28)(H,24,27)/t17-/m1/s1. The highest BCUT2D eigenvalue weighted by molar-refractivity contribution is 5.91. The molecular weight excluding hydrogens is 352 g/mol. The lowest BCUT2D eigenvalue weighted by atomic mass is 10.1. The van der Waals surface area contributed by atoms with E-state index in [-0.39, 0.29) is 24.0 Å². The summed E-state index contributed by atoms with van der Waals surface area (Å²) in [6.07, 6.45) is 1.36. The maximum absolute atomic E-state index is 12.8. The van der Waals surface area contributed by atoms with Crippen molar-refractivity contribution in [3.05, 3.63) is 23.8 Å². The number of carbonyl (C=O) groups excluding carboxylic acids is 2. The largest absolute Gasteiger partial charge is 0.377 e. The molecule has 28 heavy (non-hydrogen) atoms. The Morgan fingerprint density at radius 1 is 1.07 bits per heavy atom. The first kappa shape index (κ1) is 23.8. The molecule has 1 aromatic rings. The molecule has 0 aliphatic rings. The van der Waals surface area contributed by atoms with Crippen LogP contribution >= 0.6 is 0 Å². The fourth-order valence-electron chi connectivity index (χ4n) is 2.97. The molecule has 0 aliphatic carbocycles. The number of hydrogen-bond acceptors (Lipinski definition) is 3. The van der Waals surface area contributed by atoms with Gasteiger partial charge in [-0.3, -0.25) is 4.79 Å². The van der Waals surface area contributed by atoms with E-state index in [4.69, 9.17) is 0 Å². The lowest BCUT2D eigenvalue weighted by molar-refractivity contribution is -0.116. The average molecular weight is 391 g/mol. The van der Waals surface area contributed by atoms with Crippen molar-refractivity contribution in [2.75, 3.05) is 24.3 Å². The van der Waals surface area contributed by atoms with E-state index in [1.165, 1.54) is 0 Å². The molecule has 0 saturated heterocycles. The molecule has 6 nitrogen and oxygen atoms in total. The van der Waals surface area contributed by atoms with Gasteiger partial charge in [0, 0.05) is 50.5 Å². The Balaban J connectivity index is 3.16. The van der Waals surface area contributed by atoms with Gasteiger partial charge in [-0.05, 0) is 56.9 Å². The smallest absolute Gasteiger partial charge is 0.318 e. The molecular formula is C22H38N4O2. The van der Waals surface area contributed by atoms with Crippen molar-refractivity contribution in [3.8, 4) is 0 Å². The normalized spacial score (nSPS) is 12.1. The minimum Gasteiger partial charge on any atom is -0.377 e. The van der Waals surface area contributed by atoms with Crippen LogP contribution in [0.25, 0.3) is 0 Å². The number of nitrogens with one attached hydrogen (secondary N) is 2. The first-order chi connectivity index (χ1) is 13.0. The van der Waals surface area contributed by atoms with Gasteiger partial charge in [0.15, 0.2) is 0 Å². The molecule has 0 aliphatic heterocycles. The summed E-state index contributed by atoms with van der Waals surface area (Å²) < 4.78 is 0. The summed E-state index contributed by atoms with van der Waals surface area (Å²) in [5.41, 5.74) is 2.80. The lowest BCUT2D eigenvalue weighted by Gasteiger charge is -2.31. The lowest BCUT2D eigenvalue weighted by Crippen LogP contribution is -2.46. The number of rotatable bonds is 9. The van der Waals surface area contributed by atoms with Gasteiger partial charge in [0.1, 0.15) is 0 Å². The molecule has 3 amide bonds. The zero-order valence-electron chi connectivity index (χ0n) is 18.8. The van der Waals surface area contributed by atoms with Gasteiger partial charge in [0.2, 0.25) is 5.91 Å². The molecule has 0 radical (unpaired) electrons. The summed E-state index contributed by atoms with van der Waals surface area (Å²) in [5.74, 6) is 0.316. The number of anilines is 2. The Labute approximate surface area is 170 Å². The van der Waals surface area contributed by atoms with Crippen molar-refractivity contribution in [2.24, 2.45) is 5.92 Å². The van der Waals surface area contributed by atoms with Crippen molar-refractivity contribution in [1.29, 1.82) is 0 Å². The van der Waals surface area contributed by atoms with Crippen LogP contribution in [0.5, 0.6) is 0 Å². The average Bonchev–Trinajstić information content (AvgIpc) is 2.57. The molecule has 0 aromatic heterocycles. The Morgan fingerprint density at radius 2 is 1.71 bits per heavy atom. The van der Waals surface area contributed by atoms with Gasteiger partial charge < -0.3 is 20.4 Å². The maximum Gasteiger partial charge on any atom is 0.318 e. The molecule has 158 valence electrons. The third-order valence-corrected chi connectivity index (χ3v) is 4.58. The molecule has 2 N–H and O–H groups in total. The first-order valence-electron chi connectivity index (χ1n) is 10.2. The van der Waals surface area contributed by atoms with Crippen LogP contribution in [0, 0.1) is 5.92 Å². The predicted octanol–water partition coefficient (Wildman–Crippen LogP) is 4.46. The van der Waals surface area contributed by atoms with E-state index in [0.29, 0.717) is 18.9 Å². The van der Waals surface area contributed by atoms with Gasteiger partial charge in [-0.15, -0.1) is 0 Å². The van der Waals surface area contributed by atoms with Crippen LogP contribution in [0.3, 0.4) is 0 Å². The summed E-state index contributed by atoms with van der Waals surface area (Å²) >= 11 is 0. The molecule has 0 fully saturated rings. The molecule has 0 saturated carbocycles. The third kappa shape index (κ3) is 7.41. The summed E-state index contributed by atoms with van der Waals surface area (Å²) in [4.78, 5) is 28.8. The number of amides is 3. The molecule has 1 rings (SSSR count). The second-order valence-electron chi connectivity index (χ2n) is 8.37. The monoisotopic (exact) mass is 390 g/mol. The van der Waals surface area contributed by atoms with Crippen LogP contribution in [0.15, 0.2) is 18.2 Å². The quantitative estimate of drug-likeness (QED) is 0.654. The Hall–Kier alpha value is -2.24. The Bertz CT molecular complexity index is 656. The predicted molar refractivity (Wildman–Crippen MR) is 118 cm³/mol. The van der Waals surface area contributed by atoms with Crippen LogP contribution < -0.4 is 15.5 Å². The fourth-order valence-corrected chi connectivity index (χ4v) is 2.97. The van der Waals surface area contributed by atoms with Crippen molar-refractivity contribution in [3.63, 3.8) is 0 Å². The zero-order chi connectivity index (χ0) is 21.4. The van der Waals surface area contributed by atoms with Crippen molar-refractivity contribution in [2.45, 2.75) is 73.0 Å².